The van der Waals surface area contributed by atoms with Gasteiger partial charge < -0.3 is 14.8 Å². The van der Waals surface area contributed by atoms with Crippen LogP contribution in [0.5, 0.6) is 0 Å². The maximum absolute atomic E-state index is 11.3. The van der Waals surface area contributed by atoms with Crippen LogP contribution in [0.1, 0.15) is 6.92 Å². The Morgan fingerprint density at radius 1 is 1.69 bits per heavy atom. The molecule has 0 saturated carbocycles. The van der Waals surface area contributed by atoms with Crippen LogP contribution in [0.15, 0.2) is 12.7 Å². The van der Waals surface area contributed by atoms with Crippen molar-refractivity contribution in [3.8, 4) is 0 Å². The molecule has 0 aliphatic rings. The second-order valence-corrected chi connectivity index (χ2v) is 2.42. The molecule has 0 aromatic heterocycles. The lowest BCUT2D eigenvalue weighted by Crippen LogP contribution is -2.38. The van der Waals surface area contributed by atoms with Gasteiger partial charge in [0, 0.05) is 20.3 Å². The molecule has 0 spiro atoms. The van der Waals surface area contributed by atoms with E-state index in [2.05, 4.69) is 11.9 Å². The van der Waals surface area contributed by atoms with Gasteiger partial charge in [-0.3, -0.25) is 4.79 Å². The van der Waals surface area contributed by atoms with Gasteiger partial charge in [0.2, 0.25) is 0 Å². The van der Waals surface area contributed by atoms with E-state index in [4.69, 9.17) is 9.47 Å². The molecule has 4 nitrogen and oxygen atoms in total. The molecule has 0 aliphatic heterocycles. The first-order chi connectivity index (χ1) is 6.26. The monoisotopic (exact) mass is 187 g/mol. The van der Waals surface area contributed by atoms with E-state index in [9.17, 15) is 4.79 Å². The molecule has 0 rings (SSSR count). The first kappa shape index (κ1) is 12.1. The van der Waals surface area contributed by atoms with Gasteiger partial charge in [0.25, 0.3) is 5.91 Å². The van der Waals surface area contributed by atoms with Gasteiger partial charge in [-0.2, -0.15) is 0 Å². The Kier molecular flexibility index (Phi) is 7.24. The summed E-state index contributed by atoms with van der Waals surface area (Å²) < 4.78 is 10.0. The van der Waals surface area contributed by atoms with Gasteiger partial charge in [-0.25, -0.2) is 0 Å². The van der Waals surface area contributed by atoms with E-state index in [1.165, 1.54) is 7.11 Å². The molecule has 0 fully saturated rings. The minimum Gasteiger partial charge on any atom is -0.378 e. The van der Waals surface area contributed by atoms with Crippen molar-refractivity contribution < 1.29 is 14.3 Å². The smallest absolute Gasteiger partial charge is 0.251 e. The third-order valence-corrected chi connectivity index (χ3v) is 1.47. The largest absolute Gasteiger partial charge is 0.378 e. The molecular formula is C9H17NO3. The molecule has 0 radical (unpaired) electrons. The molecule has 0 aliphatic carbocycles. The van der Waals surface area contributed by atoms with Crippen LogP contribution in [-0.2, 0) is 14.3 Å². The zero-order valence-electron chi connectivity index (χ0n) is 8.21. The minimum absolute atomic E-state index is 0.171. The lowest BCUT2D eigenvalue weighted by molar-refractivity contribution is -0.134. The summed E-state index contributed by atoms with van der Waals surface area (Å²) in [5.41, 5.74) is 0. The zero-order valence-corrected chi connectivity index (χ0v) is 8.21. The predicted octanol–water partition coefficient (Wildman–Crippen LogP) is 0.340. The van der Waals surface area contributed by atoms with Gasteiger partial charge in [-0.1, -0.05) is 6.08 Å². The van der Waals surface area contributed by atoms with Gasteiger partial charge in [-0.05, 0) is 6.92 Å². The number of rotatable bonds is 7. The molecule has 1 atom stereocenters. The molecule has 1 amide bonds. The molecule has 1 N–H and O–H groups in total. The van der Waals surface area contributed by atoms with E-state index >= 15 is 0 Å². The van der Waals surface area contributed by atoms with Crippen molar-refractivity contribution in [1.82, 2.24) is 5.32 Å². The van der Waals surface area contributed by atoms with Crippen molar-refractivity contribution in [3.05, 3.63) is 12.7 Å². The standard InChI is InChI=1S/C9H17NO3/c1-4-6-10-9(11)8(12-3)7-13-5-2/h4,8H,1,5-7H2,2-3H3,(H,10,11). The molecule has 0 heterocycles. The third kappa shape index (κ3) is 5.38. The fraction of sp³-hybridized carbons (Fsp3) is 0.667. The number of amides is 1. The van der Waals surface area contributed by atoms with Gasteiger partial charge >= 0.3 is 0 Å². The quantitative estimate of drug-likeness (QED) is 0.585. The summed E-state index contributed by atoms with van der Waals surface area (Å²) in [6, 6.07) is 0. The molecule has 0 bridgehead atoms. The maximum Gasteiger partial charge on any atom is 0.251 e. The predicted molar refractivity (Wildman–Crippen MR) is 50.5 cm³/mol. The molecule has 13 heavy (non-hydrogen) atoms. The van der Waals surface area contributed by atoms with Crippen molar-refractivity contribution in [2.24, 2.45) is 0 Å². The first-order valence-corrected chi connectivity index (χ1v) is 4.25. The van der Waals surface area contributed by atoms with Crippen molar-refractivity contribution in [2.75, 3.05) is 26.9 Å². The normalized spacial score (nSPS) is 12.2. The number of carbonyl (C=O) groups excluding carboxylic acids is 1. The average Bonchev–Trinajstić information content (AvgIpc) is 2.16. The van der Waals surface area contributed by atoms with E-state index in [-0.39, 0.29) is 12.5 Å². The molecule has 76 valence electrons. The highest BCUT2D eigenvalue weighted by Crippen LogP contribution is 1.91. The average molecular weight is 187 g/mol. The number of hydrogen-bond donors (Lipinski definition) is 1. The lowest BCUT2D eigenvalue weighted by atomic mass is 10.3. The Morgan fingerprint density at radius 3 is 2.85 bits per heavy atom. The van der Waals surface area contributed by atoms with Gasteiger partial charge in [0.1, 0.15) is 0 Å². The number of ether oxygens (including phenoxy) is 2. The minimum atomic E-state index is -0.528. The topological polar surface area (TPSA) is 47.6 Å². The summed E-state index contributed by atoms with van der Waals surface area (Å²) in [5, 5.41) is 2.63. The number of hydrogen-bond acceptors (Lipinski definition) is 3. The molecular weight excluding hydrogens is 170 g/mol. The summed E-state index contributed by atoms with van der Waals surface area (Å²) in [6.07, 6.45) is 1.09. The van der Waals surface area contributed by atoms with E-state index in [1.54, 1.807) is 6.08 Å². The summed E-state index contributed by atoms with van der Waals surface area (Å²) in [7, 11) is 1.48. The van der Waals surface area contributed by atoms with Crippen LogP contribution in [0.4, 0.5) is 0 Å². The van der Waals surface area contributed by atoms with Crippen molar-refractivity contribution in [2.45, 2.75) is 13.0 Å². The van der Waals surface area contributed by atoms with E-state index < -0.39 is 6.10 Å². The van der Waals surface area contributed by atoms with Crippen LogP contribution < -0.4 is 5.32 Å². The molecule has 0 aromatic rings. The Morgan fingerprint density at radius 2 is 2.38 bits per heavy atom. The number of carbonyl (C=O) groups is 1. The van der Waals surface area contributed by atoms with Crippen molar-refractivity contribution >= 4 is 5.91 Å². The zero-order chi connectivity index (χ0) is 10.1. The third-order valence-electron chi connectivity index (χ3n) is 1.47. The Labute approximate surface area is 78.9 Å². The Bertz CT molecular complexity index is 159. The molecule has 4 heteroatoms. The van der Waals surface area contributed by atoms with Crippen molar-refractivity contribution in [1.29, 1.82) is 0 Å². The van der Waals surface area contributed by atoms with Gasteiger partial charge in [-0.15, -0.1) is 6.58 Å². The first-order valence-electron chi connectivity index (χ1n) is 4.25. The van der Waals surface area contributed by atoms with E-state index in [1.807, 2.05) is 6.92 Å². The van der Waals surface area contributed by atoms with Crippen LogP contribution in [0.25, 0.3) is 0 Å². The number of methoxy groups -OCH3 is 1. The molecule has 0 saturated heterocycles. The summed E-state index contributed by atoms with van der Waals surface area (Å²) in [4.78, 5) is 11.3. The Hall–Kier alpha value is -0.870. The van der Waals surface area contributed by atoms with Crippen LogP contribution in [0.2, 0.25) is 0 Å². The Balaban J connectivity index is 3.77. The summed E-state index contributed by atoms with van der Waals surface area (Å²) in [6.45, 7) is 6.68. The highest BCUT2D eigenvalue weighted by Gasteiger charge is 2.16. The maximum atomic E-state index is 11.3. The van der Waals surface area contributed by atoms with Gasteiger partial charge in [0.15, 0.2) is 6.10 Å². The van der Waals surface area contributed by atoms with Crippen LogP contribution >= 0.6 is 0 Å². The van der Waals surface area contributed by atoms with Gasteiger partial charge in [0.05, 0.1) is 6.61 Å². The van der Waals surface area contributed by atoms with E-state index in [0.717, 1.165) is 0 Å². The van der Waals surface area contributed by atoms with Crippen molar-refractivity contribution in [3.63, 3.8) is 0 Å². The second-order valence-electron chi connectivity index (χ2n) is 2.42. The summed E-state index contributed by atoms with van der Waals surface area (Å²) in [5.74, 6) is -0.171. The fourth-order valence-electron chi connectivity index (χ4n) is 0.762. The van der Waals surface area contributed by atoms with E-state index in [0.29, 0.717) is 13.2 Å². The fourth-order valence-corrected chi connectivity index (χ4v) is 0.762. The highest BCUT2D eigenvalue weighted by atomic mass is 16.5. The summed E-state index contributed by atoms with van der Waals surface area (Å²) >= 11 is 0. The molecule has 0 aromatic carbocycles. The van der Waals surface area contributed by atoms with Crippen LogP contribution in [-0.4, -0.2) is 38.9 Å². The SMILES string of the molecule is C=CCNC(=O)C(COCC)OC. The number of nitrogens with one attached hydrogen (secondary N) is 1. The second kappa shape index (κ2) is 7.76. The van der Waals surface area contributed by atoms with Crippen LogP contribution in [0.3, 0.4) is 0 Å². The highest BCUT2D eigenvalue weighted by molar-refractivity contribution is 5.81. The lowest BCUT2D eigenvalue weighted by Gasteiger charge is -2.13. The van der Waals surface area contributed by atoms with Crippen LogP contribution in [0, 0.1) is 0 Å². The molecule has 1 unspecified atom stereocenters.